The molecule has 1 aliphatic rings. The highest BCUT2D eigenvalue weighted by molar-refractivity contribution is 6.04. The third-order valence-electron chi connectivity index (χ3n) is 5.09. The van der Waals surface area contributed by atoms with Crippen molar-refractivity contribution in [2.45, 2.75) is 19.3 Å². The fourth-order valence-electron chi connectivity index (χ4n) is 3.45. The summed E-state index contributed by atoms with van der Waals surface area (Å²) in [6.07, 6.45) is 5.57. The molecule has 2 heterocycles. The molecule has 0 bridgehead atoms. The fraction of sp³-hybridized carbons (Fsp3) is 0.318. The average molecular weight is 391 g/mol. The Labute approximate surface area is 170 Å². The second kappa shape index (κ2) is 9.34. The number of hydrogen-bond acceptors (Lipinski definition) is 5. The van der Waals surface area contributed by atoms with Gasteiger partial charge in [0, 0.05) is 23.4 Å². The van der Waals surface area contributed by atoms with Crippen molar-refractivity contribution in [3.8, 4) is 17.0 Å². The molecule has 0 aliphatic carbocycles. The number of piperidine rings is 1. The molecule has 3 aromatic rings. The van der Waals surface area contributed by atoms with Gasteiger partial charge in [-0.05, 0) is 62.3 Å². The topological polar surface area (TPSA) is 83.1 Å². The highest BCUT2D eigenvalue weighted by Gasteiger charge is 2.10. The minimum atomic E-state index is -0.154. The van der Waals surface area contributed by atoms with Gasteiger partial charge in [-0.1, -0.05) is 18.6 Å². The van der Waals surface area contributed by atoms with Crippen molar-refractivity contribution >= 4 is 11.6 Å². The fourth-order valence-corrected chi connectivity index (χ4v) is 3.45. The number of amides is 1. The molecule has 1 aromatic heterocycles. The number of carbonyl (C=O) groups excluding carboxylic acids is 1. The molecule has 150 valence electrons. The van der Waals surface area contributed by atoms with Crippen molar-refractivity contribution in [1.82, 2.24) is 20.3 Å². The van der Waals surface area contributed by atoms with Gasteiger partial charge in [-0.15, -0.1) is 0 Å². The Hall–Kier alpha value is -3.19. The first kappa shape index (κ1) is 19.1. The van der Waals surface area contributed by atoms with Gasteiger partial charge >= 0.3 is 0 Å². The summed E-state index contributed by atoms with van der Waals surface area (Å²) in [4.78, 5) is 14.9. The lowest BCUT2D eigenvalue weighted by Crippen LogP contribution is -2.33. The van der Waals surface area contributed by atoms with E-state index in [1.807, 2.05) is 36.4 Å². The molecule has 1 aliphatic heterocycles. The van der Waals surface area contributed by atoms with Crippen molar-refractivity contribution < 1.29 is 9.53 Å². The molecule has 0 atom stereocenters. The van der Waals surface area contributed by atoms with E-state index in [-0.39, 0.29) is 5.91 Å². The van der Waals surface area contributed by atoms with E-state index in [4.69, 9.17) is 4.74 Å². The highest BCUT2D eigenvalue weighted by Crippen LogP contribution is 2.19. The number of H-pyrrole nitrogens is 1. The van der Waals surface area contributed by atoms with Crippen LogP contribution in [-0.2, 0) is 0 Å². The summed E-state index contributed by atoms with van der Waals surface area (Å²) in [5.74, 6) is 0.634. The number of hydrogen-bond donors (Lipinski definition) is 2. The van der Waals surface area contributed by atoms with Crippen LogP contribution in [0.1, 0.15) is 29.6 Å². The van der Waals surface area contributed by atoms with Crippen molar-refractivity contribution in [2.24, 2.45) is 0 Å². The summed E-state index contributed by atoms with van der Waals surface area (Å²) in [5, 5.41) is 13.3. The van der Waals surface area contributed by atoms with Crippen LogP contribution in [0.15, 0.2) is 54.7 Å². The maximum atomic E-state index is 12.5. The van der Waals surface area contributed by atoms with E-state index in [0.717, 1.165) is 29.2 Å². The van der Waals surface area contributed by atoms with Crippen LogP contribution in [0.5, 0.6) is 5.75 Å². The van der Waals surface area contributed by atoms with Gasteiger partial charge in [0.1, 0.15) is 18.1 Å². The molecule has 1 saturated heterocycles. The van der Waals surface area contributed by atoms with Crippen LogP contribution in [0.3, 0.4) is 0 Å². The quantitative estimate of drug-likeness (QED) is 0.643. The highest BCUT2D eigenvalue weighted by atomic mass is 16.5. The number of nitrogens with zero attached hydrogens (tertiary/aromatic N) is 3. The molecule has 29 heavy (non-hydrogen) atoms. The Morgan fingerprint density at radius 2 is 1.79 bits per heavy atom. The summed E-state index contributed by atoms with van der Waals surface area (Å²) in [6.45, 7) is 3.96. The van der Waals surface area contributed by atoms with Crippen LogP contribution in [0, 0.1) is 0 Å². The summed E-state index contributed by atoms with van der Waals surface area (Å²) in [7, 11) is 0. The summed E-state index contributed by atoms with van der Waals surface area (Å²) in [5.41, 5.74) is 3.01. The minimum Gasteiger partial charge on any atom is -0.492 e. The predicted octanol–water partition coefficient (Wildman–Crippen LogP) is 3.59. The number of ether oxygens (including phenoxy) is 1. The second-order valence-electron chi connectivity index (χ2n) is 7.16. The smallest absolute Gasteiger partial charge is 0.255 e. The van der Waals surface area contributed by atoms with Crippen LogP contribution >= 0.6 is 0 Å². The molecule has 7 heteroatoms. The molecule has 7 nitrogen and oxygen atoms in total. The Kier molecular flexibility index (Phi) is 6.16. The maximum Gasteiger partial charge on any atom is 0.255 e. The van der Waals surface area contributed by atoms with E-state index >= 15 is 0 Å². The molecule has 0 spiro atoms. The molecule has 0 radical (unpaired) electrons. The van der Waals surface area contributed by atoms with Gasteiger partial charge in [0.15, 0.2) is 0 Å². The minimum absolute atomic E-state index is 0.154. The Morgan fingerprint density at radius 1 is 1.03 bits per heavy atom. The van der Waals surface area contributed by atoms with Crippen molar-refractivity contribution in [3.05, 3.63) is 60.3 Å². The largest absolute Gasteiger partial charge is 0.492 e. The number of benzene rings is 2. The molecule has 2 aromatic carbocycles. The lowest BCUT2D eigenvalue weighted by Gasteiger charge is -2.26. The first-order valence-corrected chi connectivity index (χ1v) is 10.0. The number of aromatic amines is 1. The second-order valence-corrected chi connectivity index (χ2v) is 7.16. The van der Waals surface area contributed by atoms with Crippen LogP contribution in [0.4, 0.5) is 5.69 Å². The zero-order valence-electron chi connectivity index (χ0n) is 16.3. The molecule has 0 saturated carbocycles. The monoisotopic (exact) mass is 391 g/mol. The summed E-state index contributed by atoms with van der Waals surface area (Å²) >= 11 is 0. The van der Waals surface area contributed by atoms with E-state index in [1.165, 1.54) is 32.4 Å². The van der Waals surface area contributed by atoms with E-state index in [2.05, 4.69) is 25.6 Å². The van der Waals surface area contributed by atoms with Crippen LogP contribution in [-0.4, -0.2) is 52.5 Å². The van der Waals surface area contributed by atoms with Crippen molar-refractivity contribution in [1.29, 1.82) is 0 Å². The lowest BCUT2D eigenvalue weighted by molar-refractivity contribution is 0.102. The van der Waals surface area contributed by atoms with Gasteiger partial charge in [-0.25, -0.2) is 0 Å². The first-order chi connectivity index (χ1) is 14.3. The van der Waals surface area contributed by atoms with Gasteiger partial charge in [-0.3, -0.25) is 9.69 Å². The normalized spacial score (nSPS) is 14.5. The van der Waals surface area contributed by atoms with Crippen LogP contribution in [0.25, 0.3) is 11.3 Å². The Balaban J connectivity index is 1.27. The number of carbonyl (C=O) groups is 1. The van der Waals surface area contributed by atoms with Gasteiger partial charge in [0.2, 0.25) is 0 Å². The van der Waals surface area contributed by atoms with E-state index in [0.29, 0.717) is 12.2 Å². The number of rotatable bonds is 7. The van der Waals surface area contributed by atoms with E-state index < -0.39 is 0 Å². The van der Waals surface area contributed by atoms with Gasteiger partial charge < -0.3 is 10.1 Å². The first-order valence-electron chi connectivity index (χ1n) is 10.0. The number of likely N-dealkylation sites (tertiary alicyclic amines) is 1. The summed E-state index contributed by atoms with van der Waals surface area (Å²) in [6, 6.07) is 14.8. The molecular weight excluding hydrogens is 366 g/mol. The molecular formula is C22H25N5O2. The number of anilines is 1. The third kappa shape index (κ3) is 5.20. The molecule has 1 fully saturated rings. The SMILES string of the molecule is O=C(Nc1ccc(-c2cn[nH]n2)cc1)c1ccc(OCCN2CCCCC2)cc1. The van der Waals surface area contributed by atoms with Crippen LogP contribution in [0.2, 0.25) is 0 Å². The van der Waals surface area contributed by atoms with Gasteiger partial charge in [0.25, 0.3) is 5.91 Å². The lowest BCUT2D eigenvalue weighted by atomic mass is 10.1. The van der Waals surface area contributed by atoms with E-state index in [9.17, 15) is 4.79 Å². The molecule has 1 amide bonds. The van der Waals surface area contributed by atoms with Crippen molar-refractivity contribution in [3.63, 3.8) is 0 Å². The van der Waals surface area contributed by atoms with Gasteiger partial charge in [0.05, 0.1) is 6.20 Å². The zero-order valence-corrected chi connectivity index (χ0v) is 16.3. The van der Waals surface area contributed by atoms with Crippen LogP contribution < -0.4 is 10.1 Å². The maximum absolute atomic E-state index is 12.5. The van der Waals surface area contributed by atoms with E-state index in [1.54, 1.807) is 18.3 Å². The third-order valence-corrected chi connectivity index (χ3v) is 5.09. The molecule has 4 rings (SSSR count). The zero-order chi connectivity index (χ0) is 19.9. The number of aromatic nitrogens is 3. The van der Waals surface area contributed by atoms with Crippen molar-refractivity contribution in [2.75, 3.05) is 31.6 Å². The standard InChI is InChI=1S/C22H25N5O2/c28-22(24-19-8-4-17(5-9-19)21-16-23-26-25-21)18-6-10-20(11-7-18)29-15-14-27-12-2-1-3-13-27/h4-11,16H,1-3,12-15H2,(H,24,28)(H,23,25,26). The Morgan fingerprint density at radius 3 is 2.48 bits per heavy atom. The molecule has 0 unspecified atom stereocenters. The predicted molar refractivity (Wildman–Crippen MR) is 112 cm³/mol. The Bertz CT molecular complexity index is 901. The average Bonchev–Trinajstić information content (AvgIpc) is 3.30. The molecule has 2 N–H and O–H groups in total. The summed E-state index contributed by atoms with van der Waals surface area (Å²) < 4.78 is 5.82. The van der Waals surface area contributed by atoms with Gasteiger partial charge in [-0.2, -0.15) is 15.4 Å². The number of nitrogens with one attached hydrogen (secondary N) is 2.